The molecular formula is C4H8S3. The fourth-order valence-corrected chi connectivity index (χ4v) is 3.57. The Bertz CT molecular complexity index is 50.9. The van der Waals surface area contributed by atoms with Crippen molar-refractivity contribution < 1.29 is 0 Å². The zero-order valence-corrected chi connectivity index (χ0v) is 6.67. The normalized spacial score (nSPS) is 21.9. The van der Waals surface area contributed by atoms with Crippen LogP contribution in [0.3, 0.4) is 0 Å². The Balaban J connectivity index is 1.93. The van der Waals surface area contributed by atoms with Crippen LogP contribution in [0.1, 0.15) is 0 Å². The van der Waals surface area contributed by atoms with Crippen molar-refractivity contribution >= 4 is 35.3 Å². The molecular weight excluding hydrogens is 144 g/mol. The smallest absolute Gasteiger partial charge is 0.0609 e. The summed E-state index contributed by atoms with van der Waals surface area (Å²) in [5.41, 5.74) is 0. The van der Waals surface area contributed by atoms with Gasteiger partial charge in [0.1, 0.15) is 0 Å². The van der Waals surface area contributed by atoms with Crippen LogP contribution in [0.2, 0.25) is 0 Å². The molecule has 1 saturated heterocycles. The van der Waals surface area contributed by atoms with Crippen molar-refractivity contribution in [3.63, 3.8) is 0 Å². The lowest BCUT2D eigenvalue weighted by Gasteiger charge is -2.22. The maximum absolute atomic E-state index is 2.17. The van der Waals surface area contributed by atoms with Crippen molar-refractivity contribution in [2.75, 3.05) is 17.1 Å². The molecule has 0 amide bonds. The van der Waals surface area contributed by atoms with Gasteiger partial charge in [-0.05, 0) is 6.26 Å². The van der Waals surface area contributed by atoms with Crippen LogP contribution >= 0.6 is 35.3 Å². The van der Waals surface area contributed by atoms with E-state index in [9.17, 15) is 0 Å². The minimum Gasteiger partial charge on any atom is -0.163 e. The van der Waals surface area contributed by atoms with E-state index in [2.05, 4.69) is 29.8 Å². The van der Waals surface area contributed by atoms with Gasteiger partial charge >= 0.3 is 0 Å². The lowest BCUT2D eigenvalue weighted by atomic mass is 10.9. The largest absolute Gasteiger partial charge is 0.163 e. The molecule has 1 fully saturated rings. The second kappa shape index (κ2) is 3.15. The SMILES string of the molecule is CSCC1SCS1. The average Bonchev–Trinajstić information content (AvgIpc) is 1.55. The van der Waals surface area contributed by atoms with E-state index in [0.29, 0.717) is 0 Å². The van der Waals surface area contributed by atoms with Crippen molar-refractivity contribution in [2.45, 2.75) is 4.58 Å². The van der Waals surface area contributed by atoms with Crippen LogP contribution < -0.4 is 0 Å². The van der Waals surface area contributed by atoms with E-state index >= 15 is 0 Å². The predicted molar refractivity (Wildman–Crippen MR) is 42.2 cm³/mol. The average molecular weight is 152 g/mol. The van der Waals surface area contributed by atoms with Crippen LogP contribution in [0.5, 0.6) is 0 Å². The molecule has 0 aromatic carbocycles. The van der Waals surface area contributed by atoms with Gasteiger partial charge in [-0.25, -0.2) is 0 Å². The number of thioether (sulfide) groups is 3. The van der Waals surface area contributed by atoms with Crippen LogP contribution in [-0.2, 0) is 0 Å². The summed E-state index contributed by atoms with van der Waals surface area (Å²) in [6, 6.07) is 0. The lowest BCUT2D eigenvalue weighted by molar-refractivity contribution is 1.43. The molecule has 3 heteroatoms. The van der Waals surface area contributed by atoms with Gasteiger partial charge in [0, 0.05) is 10.8 Å². The molecule has 7 heavy (non-hydrogen) atoms. The Morgan fingerprint density at radius 3 is 2.57 bits per heavy atom. The first-order valence-corrected chi connectivity index (χ1v) is 5.65. The summed E-state index contributed by atoms with van der Waals surface area (Å²) in [5.74, 6) is 1.33. The first-order chi connectivity index (χ1) is 3.43. The Labute approximate surface area is 57.2 Å². The Morgan fingerprint density at radius 2 is 2.43 bits per heavy atom. The molecule has 1 heterocycles. The van der Waals surface area contributed by atoms with E-state index in [0.717, 1.165) is 4.58 Å². The van der Waals surface area contributed by atoms with Gasteiger partial charge in [0.25, 0.3) is 0 Å². The molecule has 1 aliphatic heterocycles. The van der Waals surface area contributed by atoms with Crippen LogP contribution in [0.4, 0.5) is 0 Å². The van der Waals surface area contributed by atoms with Gasteiger partial charge in [-0.2, -0.15) is 11.8 Å². The molecule has 0 nitrogen and oxygen atoms in total. The molecule has 1 rings (SSSR count). The van der Waals surface area contributed by atoms with Gasteiger partial charge in [0.2, 0.25) is 0 Å². The fourth-order valence-electron chi connectivity index (χ4n) is 0.397. The maximum atomic E-state index is 2.17. The second-order valence-electron chi connectivity index (χ2n) is 1.34. The second-order valence-corrected chi connectivity index (χ2v) is 5.29. The molecule has 0 saturated carbocycles. The van der Waals surface area contributed by atoms with E-state index in [1.54, 1.807) is 0 Å². The van der Waals surface area contributed by atoms with E-state index in [4.69, 9.17) is 0 Å². The van der Waals surface area contributed by atoms with Gasteiger partial charge in [-0.1, -0.05) is 0 Å². The highest BCUT2D eigenvalue weighted by molar-refractivity contribution is 8.33. The molecule has 42 valence electrons. The molecule has 0 atom stereocenters. The molecule has 0 aromatic heterocycles. The predicted octanol–water partition coefficient (Wildman–Crippen LogP) is 2.11. The van der Waals surface area contributed by atoms with Crippen molar-refractivity contribution in [1.82, 2.24) is 0 Å². The monoisotopic (exact) mass is 152 g/mol. The first kappa shape index (κ1) is 6.17. The topological polar surface area (TPSA) is 0 Å². The third-order valence-corrected chi connectivity index (χ3v) is 4.88. The zero-order valence-electron chi connectivity index (χ0n) is 4.22. The number of hydrogen-bond donors (Lipinski definition) is 0. The minimum atomic E-state index is 0.926. The van der Waals surface area contributed by atoms with E-state index in [1.807, 2.05) is 11.8 Å². The summed E-state index contributed by atoms with van der Waals surface area (Å²) in [6.45, 7) is 0. The van der Waals surface area contributed by atoms with Gasteiger partial charge in [-0.15, -0.1) is 23.5 Å². The van der Waals surface area contributed by atoms with Gasteiger partial charge in [-0.3, -0.25) is 0 Å². The minimum absolute atomic E-state index is 0.926. The van der Waals surface area contributed by atoms with Gasteiger partial charge in [0.15, 0.2) is 0 Å². The highest BCUT2D eigenvalue weighted by atomic mass is 32.3. The fraction of sp³-hybridized carbons (Fsp3) is 1.00. The zero-order chi connectivity index (χ0) is 5.11. The molecule has 0 radical (unpaired) electrons. The molecule has 0 spiro atoms. The molecule has 0 aliphatic carbocycles. The molecule has 1 aliphatic rings. The summed E-state index contributed by atoms with van der Waals surface area (Å²) < 4.78 is 0.926. The van der Waals surface area contributed by atoms with Crippen molar-refractivity contribution in [1.29, 1.82) is 0 Å². The van der Waals surface area contributed by atoms with Crippen LogP contribution in [-0.4, -0.2) is 21.7 Å². The molecule has 0 bridgehead atoms. The van der Waals surface area contributed by atoms with E-state index in [-0.39, 0.29) is 0 Å². The number of rotatable bonds is 2. The summed E-state index contributed by atoms with van der Waals surface area (Å²) in [7, 11) is 0. The summed E-state index contributed by atoms with van der Waals surface area (Å²) in [4.78, 5) is 0. The van der Waals surface area contributed by atoms with Crippen LogP contribution in [0.25, 0.3) is 0 Å². The summed E-state index contributed by atoms with van der Waals surface area (Å²) in [6.07, 6.45) is 2.17. The molecule has 0 unspecified atom stereocenters. The van der Waals surface area contributed by atoms with Gasteiger partial charge in [0.05, 0.1) is 4.58 Å². The van der Waals surface area contributed by atoms with Crippen molar-refractivity contribution in [3.05, 3.63) is 0 Å². The Kier molecular flexibility index (Phi) is 2.78. The maximum Gasteiger partial charge on any atom is 0.0609 e. The third kappa shape index (κ3) is 1.78. The number of hydrogen-bond acceptors (Lipinski definition) is 3. The molecule has 0 aromatic rings. The highest BCUT2D eigenvalue weighted by Gasteiger charge is 2.16. The highest BCUT2D eigenvalue weighted by Crippen LogP contribution is 2.39. The third-order valence-electron chi connectivity index (χ3n) is 0.811. The lowest BCUT2D eigenvalue weighted by Crippen LogP contribution is -2.09. The van der Waals surface area contributed by atoms with Gasteiger partial charge < -0.3 is 0 Å². The first-order valence-electron chi connectivity index (χ1n) is 2.15. The Morgan fingerprint density at radius 1 is 1.71 bits per heavy atom. The summed E-state index contributed by atoms with van der Waals surface area (Å²) >= 11 is 6.09. The van der Waals surface area contributed by atoms with Crippen LogP contribution in [0, 0.1) is 0 Å². The quantitative estimate of drug-likeness (QED) is 0.595. The Hall–Kier alpha value is 1.05. The van der Waals surface area contributed by atoms with Crippen LogP contribution in [0.15, 0.2) is 0 Å². The molecule has 0 N–H and O–H groups in total. The summed E-state index contributed by atoms with van der Waals surface area (Å²) in [5, 5.41) is 1.32. The van der Waals surface area contributed by atoms with Crippen molar-refractivity contribution in [2.24, 2.45) is 0 Å². The van der Waals surface area contributed by atoms with E-state index in [1.165, 1.54) is 10.8 Å². The standard InChI is InChI=1S/C4H8S3/c1-5-2-4-6-3-7-4/h4H,2-3H2,1H3. The van der Waals surface area contributed by atoms with Crippen molar-refractivity contribution in [3.8, 4) is 0 Å². The van der Waals surface area contributed by atoms with E-state index < -0.39 is 0 Å².